The summed E-state index contributed by atoms with van der Waals surface area (Å²) in [5.74, 6) is -1.01. The number of hydrogen-bond donors (Lipinski definition) is 4. The molecular formula is C17H24N4O5S. The van der Waals surface area contributed by atoms with Crippen molar-refractivity contribution in [3.63, 3.8) is 0 Å². The molecule has 1 atom stereocenters. The van der Waals surface area contributed by atoms with Crippen molar-refractivity contribution in [3.8, 4) is 0 Å². The van der Waals surface area contributed by atoms with Gasteiger partial charge >= 0.3 is 18.0 Å². The zero-order chi connectivity index (χ0) is 20.4. The molecule has 10 heteroatoms. The fraction of sp³-hybridized carbons (Fsp3) is 0.412. The van der Waals surface area contributed by atoms with Crippen LogP contribution in [0.2, 0.25) is 0 Å². The molecule has 0 unspecified atom stereocenters. The van der Waals surface area contributed by atoms with Crippen molar-refractivity contribution in [2.24, 2.45) is 5.73 Å². The van der Waals surface area contributed by atoms with Crippen LogP contribution >= 0.6 is 11.8 Å². The van der Waals surface area contributed by atoms with E-state index in [0.717, 1.165) is 11.1 Å². The molecule has 0 aliphatic carbocycles. The molecule has 1 aromatic rings. The van der Waals surface area contributed by atoms with E-state index in [1.807, 2.05) is 26.2 Å². The van der Waals surface area contributed by atoms with Crippen LogP contribution in [0.15, 0.2) is 18.2 Å². The van der Waals surface area contributed by atoms with E-state index in [4.69, 9.17) is 10.5 Å². The highest BCUT2D eigenvalue weighted by molar-refractivity contribution is 7.98. The molecule has 5 N–H and O–H groups in total. The summed E-state index contributed by atoms with van der Waals surface area (Å²) in [6.45, 7) is 3.08. The van der Waals surface area contributed by atoms with Crippen molar-refractivity contribution >= 4 is 41.4 Å². The second kappa shape index (κ2) is 11.1. The zero-order valence-electron chi connectivity index (χ0n) is 15.5. The number of thioether (sulfide) groups is 1. The van der Waals surface area contributed by atoms with Gasteiger partial charge in [-0.15, -0.1) is 0 Å². The lowest BCUT2D eigenvalue weighted by molar-refractivity contribution is -0.150. The van der Waals surface area contributed by atoms with Crippen LogP contribution in [-0.2, 0) is 14.3 Å². The van der Waals surface area contributed by atoms with Crippen LogP contribution in [0.4, 0.5) is 15.3 Å². The van der Waals surface area contributed by atoms with Crippen LogP contribution < -0.4 is 21.7 Å². The third-order valence-corrected chi connectivity index (χ3v) is 4.31. The van der Waals surface area contributed by atoms with Crippen LogP contribution in [0.25, 0.3) is 0 Å². The topological polar surface area (TPSA) is 140 Å². The number of aryl methyl sites for hydroxylation is 1. The van der Waals surface area contributed by atoms with Gasteiger partial charge in [0.05, 0.1) is 0 Å². The molecule has 0 aliphatic heterocycles. The molecule has 0 aromatic heterocycles. The van der Waals surface area contributed by atoms with Crippen molar-refractivity contribution in [1.82, 2.24) is 10.6 Å². The number of urea groups is 2. The number of anilines is 1. The van der Waals surface area contributed by atoms with E-state index < -0.39 is 36.6 Å². The molecule has 0 radical (unpaired) electrons. The summed E-state index contributed by atoms with van der Waals surface area (Å²) in [6, 6.07) is 2.83. The predicted octanol–water partition coefficient (Wildman–Crippen LogP) is 1.28. The Hall–Kier alpha value is -2.75. The molecule has 0 bridgehead atoms. The Morgan fingerprint density at radius 2 is 1.93 bits per heavy atom. The van der Waals surface area contributed by atoms with Gasteiger partial charge in [0.2, 0.25) is 0 Å². The number of esters is 1. The molecule has 0 heterocycles. The molecule has 0 spiro atoms. The molecule has 0 saturated carbocycles. The molecule has 1 rings (SSSR count). The number of carbonyl (C=O) groups is 4. The molecule has 0 aliphatic rings. The molecule has 9 nitrogen and oxygen atoms in total. The van der Waals surface area contributed by atoms with Gasteiger partial charge < -0.3 is 21.1 Å². The number of rotatable bonds is 8. The SMILES string of the molecule is CSCC[C@H](NC(N)=O)C(=O)OCC(=O)NC(=O)Nc1cccc(C)c1C. The fourth-order valence-corrected chi connectivity index (χ4v) is 2.57. The number of ether oxygens (including phenoxy) is 1. The second-order valence-electron chi connectivity index (χ2n) is 5.70. The van der Waals surface area contributed by atoms with E-state index in [2.05, 4.69) is 16.0 Å². The summed E-state index contributed by atoms with van der Waals surface area (Å²) in [4.78, 5) is 46.6. The smallest absolute Gasteiger partial charge is 0.329 e. The normalized spacial score (nSPS) is 11.2. The van der Waals surface area contributed by atoms with Gasteiger partial charge in [-0.2, -0.15) is 11.8 Å². The van der Waals surface area contributed by atoms with Crippen LogP contribution in [0, 0.1) is 13.8 Å². The minimum Gasteiger partial charge on any atom is -0.454 e. The number of benzene rings is 1. The highest BCUT2D eigenvalue weighted by Gasteiger charge is 2.22. The van der Waals surface area contributed by atoms with Crippen molar-refractivity contribution in [3.05, 3.63) is 29.3 Å². The lowest BCUT2D eigenvalue weighted by Gasteiger charge is -2.16. The summed E-state index contributed by atoms with van der Waals surface area (Å²) < 4.78 is 4.85. The van der Waals surface area contributed by atoms with Gasteiger partial charge in [0.1, 0.15) is 6.04 Å². The maximum Gasteiger partial charge on any atom is 0.329 e. The highest BCUT2D eigenvalue weighted by Crippen LogP contribution is 2.17. The first-order valence-corrected chi connectivity index (χ1v) is 9.52. The summed E-state index contributed by atoms with van der Waals surface area (Å²) in [5, 5.41) is 6.89. The van der Waals surface area contributed by atoms with E-state index in [1.165, 1.54) is 11.8 Å². The molecule has 0 fully saturated rings. The third kappa shape index (κ3) is 7.99. The Kier molecular flexibility index (Phi) is 9.14. The lowest BCUT2D eigenvalue weighted by atomic mass is 10.1. The first-order valence-electron chi connectivity index (χ1n) is 8.13. The predicted molar refractivity (Wildman–Crippen MR) is 104 cm³/mol. The number of amides is 5. The van der Waals surface area contributed by atoms with Gasteiger partial charge in [-0.05, 0) is 49.5 Å². The Balaban J connectivity index is 2.50. The maximum atomic E-state index is 12.0. The molecule has 27 heavy (non-hydrogen) atoms. The van der Waals surface area contributed by atoms with E-state index in [0.29, 0.717) is 17.9 Å². The Labute approximate surface area is 161 Å². The van der Waals surface area contributed by atoms with Gasteiger partial charge in [-0.25, -0.2) is 14.4 Å². The van der Waals surface area contributed by atoms with Crippen LogP contribution in [0.1, 0.15) is 17.5 Å². The zero-order valence-corrected chi connectivity index (χ0v) is 16.3. The summed E-state index contributed by atoms with van der Waals surface area (Å²) in [5.41, 5.74) is 7.46. The molecule has 148 valence electrons. The largest absolute Gasteiger partial charge is 0.454 e. The summed E-state index contributed by atoms with van der Waals surface area (Å²) >= 11 is 1.48. The Bertz CT molecular complexity index is 711. The molecule has 5 amide bonds. The Morgan fingerprint density at radius 1 is 1.22 bits per heavy atom. The van der Waals surface area contributed by atoms with E-state index in [1.54, 1.807) is 12.1 Å². The van der Waals surface area contributed by atoms with Gasteiger partial charge in [0, 0.05) is 5.69 Å². The minimum absolute atomic E-state index is 0.303. The molecule has 0 saturated heterocycles. The Morgan fingerprint density at radius 3 is 2.56 bits per heavy atom. The quantitative estimate of drug-likeness (QED) is 0.488. The van der Waals surface area contributed by atoms with Gasteiger partial charge in [0.15, 0.2) is 6.61 Å². The molecule has 1 aromatic carbocycles. The van der Waals surface area contributed by atoms with E-state index >= 15 is 0 Å². The average Bonchev–Trinajstić information content (AvgIpc) is 2.60. The van der Waals surface area contributed by atoms with Crippen LogP contribution in [0.3, 0.4) is 0 Å². The lowest BCUT2D eigenvalue weighted by Crippen LogP contribution is -2.46. The summed E-state index contributed by atoms with van der Waals surface area (Å²) in [6.07, 6.45) is 2.15. The monoisotopic (exact) mass is 396 g/mol. The summed E-state index contributed by atoms with van der Waals surface area (Å²) in [7, 11) is 0. The van der Waals surface area contributed by atoms with E-state index in [-0.39, 0.29) is 0 Å². The number of hydrogen-bond acceptors (Lipinski definition) is 6. The number of carbonyl (C=O) groups excluding carboxylic acids is 4. The highest BCUT2D eigenvalue weighted by atomic mass is 32.2. The average molecular weight is 396 g/mol. The molecular weight excluding hydrogens is 372 g/mol. The number of imide groups is 1. The van der Waals surface area contributed by atoms with E-state index in [9.17, 15) is 19.2 Å². The minimum atomic E-state index is -0.952. The second-order valence-corrected chi connectivity index (χ2v) is 6.69. The first-order chi connectivity index (χ1) is 12.7. The fourth-order valence-electron chi connectivity index (χ4n) is 2.10. The number of primary amides is 1. The first kappa shape index (κ1) is 22.3. The van der Waals surface area contributed by atoms with Crippen molar-refractivity contribution < 1.29 is 23.9 Å². The van der Waals surface area contributed by atoms with Crippen molar-refractivity contribution in [2.45, 2.75) is 26.3 Å². The number of nitrogens with one attached hydrogen (secondary N) is 3. The van der Waals surface area contributed by atoms with Crippen molar-refractivity contribution in [1.29, 1.82) is 0 Å². The maximum absolute atomic E-state index is 12.0. The number of nitrogens with two attached hydrogens (primary N) is 1. The van der Waals surface area contributed by atoms with Gasteiger partial charge in [-0.3, -0.25) is 10.1 Å². The standard InChI is InChI=1S/C17H24N4O5S/c1-10-5-4-6-12(11(10)2)20-17(25)21-14(22)9-26-15(23)13(7-8-27-3)19-16(18)24/h4-6,13H,7-9H2,1-3H3,(H3,18,19,24)(H2,20,21,22,25)/t13-/m0/s1. The van der Waals surface area contributed by atoms with Crippen LogP contribution in [-0.4, -0.2) is 48.6 Å². The van der Waals surface area contributed by atoms with Gasteiger partial charge in [0.25, 0.3) is 5.91 Å². The van der Waals surface area contributed by atoms with Crippen LogP contribution in [0.5, 0.6) is 0 Å². The van der Waals surface area contributed by atoms with Crippen molar-refractivity contribution in [2.75, 3.05) is 23.9 Å². The van der Waals surface area contributed by atoms with Gasteiger partial charge in [-0.1, -0.05) is 12.1 Å². The third-order valence-electron chi connectivity index (χ3n) is 3.66.